The highest BCUT2D eigenvalue weighted by Gasteiger charge is 2.53. The number of hydrazone groups is 1. The molecule has 1 fully saturated rings. The zero-order chi connectivity index (χ0) is 16.2. The van der Waals surface area contributed by atoms with Gasteiger partial charge in [0.15, 0.2) is 6.54 Å². The summed E-state index contributed by atoms with van der Waals surface area (Å²) in [6.07, 6.45) is 0. The molecule has 0 aliphatic carbocycles. The number of fused-ring (bicyclic) bond motifs is 2. The van der Waals surface area contributed by atoms with E-state index in [-0.39, 0.29) is 18.4 Å². The minimum absolute atomic E-state index is 0.274. The monoisotopic (exact) mass is 307 g/mol. The number of carboxylic acid groups (broad SMARTS) is 1. The van der Waals surface area contributed by atoms with Gasteiger partial charge in [0.25, 0.3) is 5.91 Å². The SMILES string of the molecule is CC1=NN(CC(=O)O)C2=[N+](C1)C1C(=O)N(C)C(=O)N(C)C1=N2. The van der Waals surface area contributed by atoms with Gasteiger partial charge < -0.3 is 5.11 Å². The Morgan fingerprint density at radius 2 is 2.05 bits per heavy atom. The summed E-state index contributed by atoms with van der Waals surface area (Å²) < 4.78 is 1.67. The van der Waals surface area contributed by atoms with Gasteiger partial charge in [-0.15, -0.1) is 10.1 Å². The van der Waals surface area contributed by atoms with Crippen molar-refractivity contribution in [1.82, 2.24) is 14.8 Å². The first kappa shape index (κ1) is 14.2. The van der Waals surface area contributed by atoms with Crippen molar-refractivity contribution in [2.45, 2.75) is 13.0 Å². The lowest BCUT2D eigenvalue weighted by molar-refractivity contribution is -0.527. The number of urea groups is 1. The van der Waals surface area contributed by atoms with Crippen LogP contribution in [0.5, 0.6) is 0 Å². The number of nitrogens with zero attached hydrogens (tertiary/aromatic N) is 6. The average molecular weight is 307 g/mol. The fourth-order valence-electron chi connectivity index (χ4n) is 2.72. The predicted molar refractivity (Wildman–Crippen MR) is 74.7 cm³/mol. The van der Waals surface area contributed by atoms with Crippen LogP contribution in [0.15, 0.2) is 10.1 Å². The lowest BCUT2D eigenvalue weighted by Gasteiger charge is -2.32. The third-order valence-electron chi connectivity index (χ3n) is 3.72. The molecule has 1 unspecified atom stereocenters. The molecule has 0 aromatic heterocycles. The molecule has 1 N–H and O–H groups in total. The second-order valence-electron chi connectivity index (χ2n) is 5.33. The van der Waals surface area contributed by atoms with Crippen LogP contribution in [-0.4, -0.2) is 93.1 Å². The van der Waals surface area contributed by atoms with E-state index in [0.29, 0.717) is 18.1 Å². The number of carbonyl (C=O) groups is 3. The number of hydrogen-bond acceptors (Lipinski definition) is 6. The van der Waals surface area contributed by atoms with Crippen LogP contribution in [0, 0.1) is 0 Å². The maximum Gasteiger partial charge on any atom is 0.417 e. The Labute approximate surface area is 125 Å². The minimum Gasteiger partial charge on any atom is -0.479 e. The van der Waals surface area contributed by atoms with E-state index in [1.165, 1.54) is 24.0 Å². The normalized spacial score (nSPS) is 24.3. The van der Waals surface area contributed by atoms with Crippen LogP contribution in [0.25, 0.3) is 0 Å². The van der Waals surface area contributed by atoms with E-state index in [9.17, 15) is 14.4 Å². The van der Waals surface area contributed by atoms with Crippen molar-refractivity contribution >= 4 is 35.4 Å². The number of rotatable bonds is 2. The maximum atomic E-state index is 12.4. The molecule has 0 spiro atoms. The van der Waals surface area contributed by atoms with Gasteiger partial charge in [0.05, 0.1) is 5.71 Å². The molecule has 3 rings (SSSR count). The molecule has 3 aliphatic heterocycles. The van der Waals surface area contributed by atoms with Crippen LogP contribution in [0.2, 0.25) is 0 Å². The average Bonchev–Trinajstić information content (AvgIpc) is 2.81. The molecule has 22 heavy (non-hydrogen) atoms. The Hall–Kier alpha value is -2.78. The molecule has 1 atom stereocenters. The Balaban J connectivity index is 2.05. The summed E-state index contributed by atoms with van der Waals surface area (Å²) in [7, 11) is 2.95. The molecule has 10 nitrogen and oxygen atoms in total. The molecule has 0 bridgehead atoms. The number of guanidine groups is 1. The van der Waals surface area contributed by atoms with Gasteiger partial charge in [-0.05, 0) is 6.92 Å². The van der Waals surface area contributed by atoms with Crippen LogP contribution < -0.4 is 0 Å². The molecular weight excluding hydrogens is 292 g/mol. The van der Waals surface area contributed by atoms with E-state index >= 15 is 0 Å². The van der Waals surface area contributed by atoms with Gasteiger partial charge >= 0.3 is 18.0 Å². The molecule has 10 heteroatoms. The largest absolute Gasteiger partial charge is 0.479 e. The Bertz CT molecular complexity index is 694. The number of carbonyl (C=O) groups excluding carboxylic acids is 2. The molecule has 0 saturated carbocycles. The summed E-state index contributed by atoms with van der Waals surface area (Å²) in [5, 5.41) is 14.4. The third kappa shape index (κ3) is 1.87. The number of imide groups is 1. The van der Waals surface area contributed by atoms with Crippen LogP contribution in [0.4, 0.5) is 4.79 Å². The van der Waals surface area contributed by atoms with Crippen LogP contribution in [-0.2, 0) is 9.59 Å². The van der Waals surface area contributed by atoms with Crippen molar-refractivity contribution in [3.63, 3.8) is 0 Å². The number of carboxylic acids is 1. The van der Waals surface area contributed by atoms with Gasteiger partial charge in [0, 0.05) is 14.1 Å². The second kappa shape index (κ2) is 4.61. The molecule has 116 valence electrons. The van der Waals surface area contributed by atoms with Gasteiger partial charge in [-0.1, -0.05) is 4.99 Å². The molecule has 3 heterocycles. The van der Waals surface area contributed by atoms with E-state index in [0.717, 1.165) is 4.90 Å². The standard InChI is InChI=1S/C12H14N6O4/c1-6-4-17-8-9(15(2)12(22)16(3)10(8)21)13-11(17)18(14-6)5-7(19)20/h8H,4-5H2,1-3H3/p+1. The van der Waals surface area contributed by atoms with Crippen molar-refractivity contribution < 1.29 is 24.1 Å². The number of aliphatic carboxylic acids is 1. The first-order valence-corrected chi connectivity index (χ1v) is 6.62. The van der Waals surface area contributed by atoms with E-state index in [1.54, 1.807) is 11.5 Å². The predicted octanol–water partition coefficient (Wildman–Crippen LogP) is -1.56. The second-order valence-corrected chi connectivity index (χ2v) is 5.33. The zero-order valence-corrected chi connectivity index (χ0v) is 12.3. The zero-order valence-electron chi connectivity index (χ0n) is 12.3. The van der Waals surface area contributed by atoms with Gasteiger partial charge in [-0.3, -0.25) is 14.6 Å². The molecule has 3 amide bonds. The summed E-state index contributed by atoms with van der Waals surface area (Å²) in [6, 6.07) is -1.20. The maximum absolute atomic E-state index is 12.4. The third-order valence-corrected chi connectivity index (χ3v) is 3.72. The lowest BCUT2D eigenvalue weighted by Crippen LogP contribution is -2.62. The summed E-state index contributed by atoms with van der Waals surface area (Å²) in [4.78, 5) is 42.0. The number of amides is 3. The number of hydrogen-bond donors (Lipinski definition) is 1. The fraction of sp³-hybridized carbons (Fsp3) is 0.500. The Kier molecular flexibility index (Phi) is 2.97. The van der Waals surface area contributed by atoms with Crippen LogP contribution >= 0.6 is 0 Å². The highest BCUT2D eigenvalue weighted by molar-refractivity contribution is 6.23. The van der Waals surface area contributed by atoms with Gasteiger partial charge in [-0.2, -0.15) is 0 Å². The fourth-order valence-corrected chi connectivity index (χ4v) is 2.72. The Morgan fingerprint density at radius 3 is 2.68 bits per heavy atom. The molecule has 0 aromatic carbocycles. The quantitative estimate of drug-likeness (QED) is 0.620. The summed E-state index contributed by atoms with van der Waals surface area (Å²) in [5.74, 6) is -0.879. The first-order valence-electron chi connectivity index (χ1n) is 6.62. The smallest absolute Gasteiger partial charge is 0.417 e. The van der Waals surface area contributed by atoms with E-state index in [1.807, 2.05) is 0 Å². The molecule has 1 saturated heterocycles. The summed E-state index contributed by atoms with van der Waals surface area (Å²) in [5.41, 5.74) is 0.663. The first-order chi connectivity index (χ1) is 10.3. The number of likely N-dealkylation sites (N-methyl/N-ethyl adjacent to an activating group) is 2. The molecule has 3 aliphatic rings. The number of aliphatic imine (C=N–C) groups is 1. The van der Waals surface area contributed by atoms with Gasteiger partial charge in [0.1, 0.15) is 6.54 Å². The van der Waals surface area contributed by atoms with E-state index in [4.69, 9.17) is 5.11 Å². The summed E-state index contributed by atoms with van der Waals surface area (Å²) >= 11 is 0. The van der Waals surface area contributed by atoms with Crippen molar-refractivity contribution in [3.05, 3.63) is 0 Å². The van der Waals surface area contributed by atoms with Gasteiger partial charge in [0.2, 0.25) is 11.9 Å². The Morgan fingerprint density at radius 1 is 1.36 bits per heavy atom. The highest BCUT2D eigenvalue weighted by Crippen LogP contribution is 2.21. The van der Waals surface area contributed by atoms with Crippen molar-refractivity contribution in [1.29, 1.82) is 0 Å². The van der Waals surface area contributed by atoms with Gasteiger partial charge in [-0.25, -0.2) is 14.2 Å². The van der Waals surface area contributed by atoms with E-state index in [2.05, 4.69) is 10.1 Å². The summed E-state index contributed by atoms with van der Waals surface area (Å²) in [6.45, 7) is 1.73. The highest BCUT2D eigenvalue weighted by atomic mass is 16.4. The minimum atomic E-state index is -1.06. The van der Waals surface area contributed by atoms with Crippen molar-refractivity contribution in [2.75, 3.05) is 27.2 Å². The van der Waals surface area contributed by atoms with E-state index < -0.39 is 18.0 Å². The number of amidine groups is 1. The molecule has 0 radical (unpaired) electrons. The van der Waals surface area contributed by atoms with Crippen molar-refractivity contribution in [3.8, 4) is 0 Å². The van der Waals surface area contributed by atoms with Crippen molar-refractivity contribution in [2.24, 2.45) is 10.1 Å². The molecular formula is C12H15N6O4+. The topological polar surface area (TPSA) is 109 Å². The van der Waals surface area contributed by atoms with Crippen LogP contribution in [0.1, 0.15) is 6.92 Å². The lowest BCUT2D eigenvalue weighted by atomic mass is 10.1. The molecule has 0 aromatic rings. The van der Waals surface area contributed by atoms with Crippen LogP contribution in [0.3, 0.4) is 0 Å².